The number of carbonyl (C=O) groups excluding carboxylic acids is 1. The van der Waals surface area contributed by atoms with E-state index in [2.05, 4.69) is 10.5 Å². The Hall–Kier alpha value is -2.04. The Labute approximate surface area is 93.7 Å². The standard InChI is InChI=1S/C11H13N3O2/c1-2-16-10-5-3-9(4-6-10)14-7-11(15)13-12-8-14/h3-6,8H,2,7H2,1H3,(H,13,15). The van der Waals surface area contributed by atoms with Gasteiger partial charge in [0, 0.05) is 5.69 Å². The van der Waals surface area contributed by atoms with Gasteiger partial charge >= 0.3 is 0 Å². The first-order valence-electron chi connectivity index (χ1n) is 5.11. The molecule has 0 aromatic heterocycles. The average Bonchev–Trinajstić information content (AvgIpc) is 2.30. The van der Waals surface area contributed by atoms with Gasteiger partial charge in [-0.15, -0.1) is 0 Å². The number of anilines is 1. The summed E-state index contributed by atoms with van der Waals surface area (Å²) in [7, 11) is 0. The Balaban J connectivity index is 2.12. The van der Waals surface area contributed by atoms with Gasteiger partial charge in [0.1, 0.15) is 18.6 Å². The molecule has 0 saturated heterocycles. The van der Waals surface area contributed by atoms with E-state index in [4.69, 9.17) is 4.74 Å². The number of hydrogen-bond donors (Lipinski definition) is 1. The lowest BCUT2D eigenvalue weighted by molar-refractivity contribution is -0.119. The molecule has 0 spiro atoms. The molecule has 5 heteroatoms. The van der Waals surface area contributed by atoms with Crippen molar-refractivity contribution in [3.63, 3.8) is 0 Å². The molecule has 0 atom stereocenters. The highest BCUT2D eigenvalue weighted by molar-refractivity contribution is 5.93. The van der Waals surface area contributed by atoms with E-state index in [1.54, 1.807) is 11.2 Å². The van der Waals surface area contributed by atoms with E-state index in [0.717, 1.165) is 11.4 Å². The van der Waals surface area contributed by atoms with Gasteiger partial charge in [-0.1, -0.05) is 0 Å². The third-order valence-electron chi connectivity index (χ3n) is 2.18. The maximum absolute atomic E-state index is 11.1. The number of hydrogen-bond acceptors (Lipinski definition) is 4. The quantitative estimate of drug-likeness (QED) is 0.824. The third kappa shape index (κ3) is 2.31. The van der Waals surface area contributed by atoms with E-state index < -0.39 is 0 Å². The van der Waals surface area contributed by atoms with Gasteiger partial charge in [0.05, 0.1) is 6.61 Å². The number of nitrogens with zero attached hydrogens (tertiary/aromatic N) is 2. The Morgan fingerprint density at radius 2 is 2.19 bits per heavy atom. The van der Waals surface area contributed by atoms with Crippen LogP contribution >= 0.6 is 0 Å². The van der Waals surface area contributed by atoms with Gasteiger partial charge in [-0.05, 0) is 31.2 Å². The van der Waals surface area contributed by atoms with Crippen LogP contribution in [0.4, 0.5) is 5.69 Å². The molecule has 5 nitrogen and oxygen atoms in total. The topological polar surface area (TPSA) is 53.9 Å². The molecule has 0 fully saturated rings. The van der Waals surface area contributed by atoms with Crippen molar-refractivity contribution in [3.8, 4) is 5.75 Å². The number of nitrogens with one attached hydrogen (secondary N) is 1. The highest BCUT2D eigenvalue weighted by atomic mass is 16.5. The molecular weight excluding hydrogens is 206 g/mol. The van der Waals surface area contributed by atoms with Crippen molar-refractivity contribution in [2.45, 2.75) is 6.92 Å². The predicted octanol–water partition coefficient (Wildman–Crippen LogP) is 0.965. The summed E-state index contributed by atoms with van der Waals surface area (Å²) in [6.45, 7) is 2.87. The molecular formula is C11H13N3O2. The summed E-state index contributed by atoms with van der Waals surface area (Å²) in [6, 6.07) is 7.55. The molecule has 0 unspecified atom stereocenters. The van der Waals surface area contributed by atoms with E-state index >= 15 is 0 Å². The van der Waals surface area contributed by atoms with E-state index in [1.807, 2.05) is 31.2 Å². The second-order valence-corrected chi connectivity index (χ2v) is 3.33. The molecule has 1 N–H and O–H groups in total. The van der Waals surface area contributed by atoms with Crippen LogP contribution in [0.25, 0.3) is 0 Å². The fourth-order valence-electron chi connectivity index (χ4n) is 1.46. The number of ether oxygens (including phenoxy) is 1. The Morgan fingerprint density at radius 1 is 1.44 bits per heavy atom. The molecule has 1 aromatic rings. The lowest BCUT2D eigenvalue weighted by Gasteiger charge is -2.21. The smallest absolute Gasteiger partial charge is 0.260 e. The van der Waals surface area contributed by atoms with Crippen LogP contribution in [0.2, 0.25) is 0 Å². The molecule has 2 rings (SSSR count). The maximum atomic E-state index is 11.1. The van der Waals surface area contributed by atoms with Crippen molar-refractivity contribution in [2.75, 3.05) is 18.1 Å². The van der Waals surface area contributed by atoms with Crippen molar-refractivity contribution in [3.05, 3.63) is 24.3 Å². The minimum Gasteiger partial charge on any atom is -0.494 e. The van der Waals surface area contributed by atoms with Gasteiger partial charge in [-0.3, -0.25) is 4.79 Å². The second kappa shape index (κ2) is 4.65. The van der Waals surface area contributed by atoms with E-state index in [-0.39, 0.29) is 12.5 Å². The van der Waals surface area contributed by atoms with Gasteiger partial charge < -0.3 is 9.64 Å². The molecule has 0 radical (unpaired) electrons. The molecule has 1 amide bonds. The van der Waals surface area contributed by atoms with Gasteiger partial charge in [-0.25, -0.2) is 5.43 Å². The van der Waals surface area contributed by atoms with Crippen LogP contribution in [0.15, 0.2) is 29.4 Å². The Morgan fingerprint density at radius 3 is 2.81 bits per heavy atom. The van der Waals surface area contributed by atoms with Crippen LogP contribution in [0.3, 0.4) is 0 Å². The zero-order valence-corrected chi connectivity index (χ0v) is 9.01. The lowest BCUT2D eigenvalue weighted by Crippen LogP contribution is -2.39. The largest absolute Gasteiger partial charge is 0.494 e. The Kier molecular flexibility index (Phi) is 3.05. The zero-order valence-electron chi connectivity index (χ0n) is 9.01. The first kappa shape index (κ1) is 10.5. The summed E-state index contributed by atoms with van der Waals surface area (Å²) in [5.74, 6) is 0.709. The fourth-order valence-corrected chi connectivity index (χ4v) is 1.46. The van der Waals surface area contributed by atoms with E-state index in [9.17, 15) is 4.79 Å². The molecule has 0 bridgehead atoms. The Bertz CT molecular complexity index is 400. The van der Waals surface area contributed by atoms with Crippen LogP contribution in [0.1, 0.15) is 6.92 Å². The van der Waals surface area contributed by atoms with Crippen LogP contribution in [0, 0.1) is 0 Å². The maximum Gasteiger partial charge on any atom is 0.260 e. The number of amides is 1. The molecule has 1 aliphatic heterocycles. The minimum atomic E-state index is -0.114. The third-order valence-corrected chi connectivity index (χ3v) is 2.18. The summed E-state index contributed by atoms with van der Waals surface area (Å²) < 4.78 is 5.34. The van der Waals surface area contributed by atoms with Gasteiger partial charge in [0.15, 0.2) is 0 Å². The SMILES string of the molecule is CCOc1ccc(N2C=NNC(=O)C2)cc1. The highest BCUT2D eigenvalue weighted by Gasteiger charge is 2.13. The molecule has 1 aromatic carbocycles. The molecule has 16 heavy (non-hydrogen) atoms. The lowest BCUT2D eigenvalue weighted by atomic mass is 10.2. The zero-order chi connectivity index (χ0) is 11.4. The van der Waals surface area contributed by atoms with Gasteiger partial charge in [-0.2, -0.15) is 5.10 Å². The molecule has 0 aliphatic carbocycles. The summed E-state index contributed by atoms with van der Waals surface area (Å²) >= 11 is 0. The normalized spacial score (nSPS) is 14.8. The number of hydrazone groups is 1. The summed E-state index contributed by atoms with van der Waals surface area (Å²) in [5, 5.41) is 3.74. The van der Waals surface area contributed by atoms with Crippen LogP contribution < -0.4 is 15.1 Å². The summed E-state index contributed by atoms with van der Waals surface area (Å²) in [6.07, 6.45) is 1.59. The van der Waals surface area contributed by atoms with Crippen molar-refractivity contribution < 1.29 is 9.53 Å². The van der Waals surface area contributed by atoms with Gasteiger partial charge in [0.2, 0.25) is 0 Å². The monoisotopic (exact) mass is 219 g/mol. The fraction of sp³-hybridized carbons (Fsp3) is 0.273. The summed E-state index contributed by atoms with van der Waals surface area (Å²) in [4.78, 5) is 12.9. The molecule has 0 saturated carbocycles. The van der Waals surface area contributed by atoms with Crippen molar-refractivity contribution in [2.24, 2.45) is 5.10 Å². The molecule has 1 heterocycles. The number of rotatable bonds is 3. The predicted molar refractivity (Wildman–Crippen MR) is 61.6 cm³/mol. The van der Waals surface area contributed by atoms with E-state index in [0.29, 0.717) is 6.61 Å². The minimum absolute atomic E-state index is 0.114. The first-order chi connectivity index (χ1) is 7.79. The molecule has 84 valence electrons. The first-order valence-corrected chi connectivity index (χ1v) is 5.11. The summed E-state index contributed by atoms with van der Waals surface area (Å²) in [5.41, 5.74) is 3.30. The van der Waals surface area contributed by atoms with Crippen molar-refractivity contribution in [1.82, 2.24) is 5.43 Å². The van der Waals surface area contributed by atoms with Crippen molar-refractivity contribution >= 4 is 17.9 Å². The van der Waals surface area contributed by atoms with Crippen LogP contribution in [-0.4, -0.2) is 25.4 Å². The second-order valence-electron chi connectivity index (χ2n) is 3.33. The highest BCUT2D eigenvalue weighted by Crippen LogP contribution is 2.18. The number of benzene rings is 1. The van der Waals surface area contributed by atoms with E-state index in [1.165, 1.54) is 0 Å². The van der Waals surface area contributed by atoms with Crippen molar-refractivity contribution in [1.29, 1.82) is 0 Å². The van der Waals surface area contributed by atoms with Crippen LogP contribution in [-0.2, 0) is 4.79 Å². The molecule has 1 aliphatic rings. The average molecular weight is 219 g/mol. The van der Waals surface area contributed by atoms with Crippen LogP contribution in [0.5, 0.6) is 5.75 Å². The van der Waals surface area contributed by atoms with Gasteiger partial charge in [0.25, 0.3) is 5.91 Å². The number of carbonyl (C=O) groups is 1.